The van der Waals surface area contributed by atoms with Gasteiger partial charge in [0.15, 0.2) is 6.10 Å². The summed E-state index contributed by atoms with van der Waals surface area (Å²) in [6.07, 6.45) is 0.399. The molecular formula is C39H62N8O9S2. The summed E-state index contributed by atoms with van der Waals surface area (Å²) >= 11 is 2.78. The minimum atomic E-state index is -1.87. The maximum atomic E-state index is 14.3. The molecule has 0 aromatic heterocycles. The minimum absolute atomic E-state index is 0.00531. The Balaban J connectivity index is 2.43. The summed E-state index contributed by atoms with van der Waals surface area (Å²) in [4.78, 5) is 106. The molecule has 17 nitrogen and oxygen atoms in total. The molecule has 0 bridgehead atoms. The lowest BCUT2D eigenvalue weighted by Crippen LogP contribution is -2.63. The zero-order chi connectivity index (χ0) is 43.9. The lowest BCUT2D eigenvalue weighted by atomic mass is 9.94. The number of nitrogens with one attached hydrogen (secondary N) is 5. The molecule has 1 fully saturated rings. The average molecular weight is 851 g/mol. The van der Waals surface area contributed by atoms with Crippen LogP contribution in [0.2, 0.25) is 0 Å². The van der Waals surface area contributed by atoms with E-state index in [0.29, 0.717) is 24.2 Å². The predicted octanol–water partition coefficient (Wildman–Crippen LogP) is -0.0800. The van der Waals surface area contributed by atoms with Crippen LogP contribution in [0.25, 0.3) is 0 Å². The molecule has 1 saturated heterocycles. The first kappa shape index (κ1) is 49.8. The van der Waals surface area contributed by atoms with Crippen molar-refractivity contribution in [3.05, 3.63) is 35.9 Å². The number of carbonyl (C=O) groups excluding carboxylic acids is 8. The fourth-order valence-corrected chi connectivity index (χ4v) is 8.06. The maximum Gasteiger partial charge on any atom is 0.254 e. The van der Waals surface area contributed by atoms with Gasteiger partial charge in [0.05, 0.1) is 11.9 Å². The number of primary amides is 2. The standard InChI is InChI=1S/C39H62N8O9S2/c1-9-22(4)30(46-34(52)26(42-23(5)48)15-16-28(40)49)36(54)44-27(19-24-13-11-10-12-14-24)31(50)38(56)47-20-58-39(6,7)32(47)37(55)45-29(21(2)3)35(53)43-25(33(41)51)17-18-57-8/h10-14,21-22,25-27,29-32,50H,9,15-20H2,1-8H3,(H2,40,49)(H2,41,51)(H,42,48)(H,43,53)(H,44,54)(H,45,55)(H,46,52)/t22-,25-,26-,27-,29-,30-,31-,32+/m0/s1. The van der Waals surface area contributed by atoms with Crippen molar-refractivity contribution < 1.29 is 43.5 Å². The van der Waals surface area contributed by atoms with Gasteiger partial charge in [-0.2, -0.15) is 11.8 Å². The van der Waals surface area contributed by atoms with Crippen LogP contribution in [0.5, 0.6) is 0 Å². The normalized spacial score (nSPS) is 18.4. The number of aliphatic hydroxyl groups excluding tert-OH is 1. The molecule has 1 aliphatic heterocycles. The third-order valence-corrected chi connectivity index (χ3v) is 12.0. The lowest BCUT2D eigenvalue weighted by Gasteiger charge is -2.35. The van der Waals surface area contributed by atoms with Crippen molar-refractivity contribution in [2.45, 2.75) is 128 Å². The Morgan fingerprint density at radius 3 is 2.03 bits per heavy atom. The zero-order valence-electron chi connectivity index (χ0n) is 34.7. The van der Waals surface area contributed by atoms with E-state index < -0.39 is 106 Å². The molecule has 0 saturated carbocycles. The van der Waals surface area contributed by atoms with Gasteiger partial charge in [0.25, 0.3) is 5.91 Å². The molecule has 19 heteroatoms. The van der Waals surface area contributed by atoms with Crippen LogP contribution in [-0.2, 0) is 44.8 Å². The maximum absolute atomic E-state index is 14.3. The van der Waals surface area contributed by atoms with Gasteiger partial charge in [-0.3, -0.25) is 38.4 Å². The lowest BCUT2D eigenvalue weighted by molar-refractivity contribution is -0.148. The molecule has 1 heterocycles. The van der Waals surface area contributed by atoms with Crippen LogP contribution in [-0.4, -0.2) is 122 Å². The second-order valence-corrected chi connectivity index (χ2v) is 18.0. The molecule has 8 atom stereocenters. The van der Waals surface area contributed by atoms with E-state index in [4.69, 9.17) is 11.5 Å². The second kappa shape index (κ2) is 23.3. The monoisotopic (exact) mass is 850 g/mol. The number of amides is 8. The highest BCUT2D eigenvalue weighted by molar-refractivity contribution is 8.00. The number of hydrogen-bond acceptors (Lipinski definition) is 11. The first-order valence-electron chi connectivity index (χ1n) is 19.4. The third kappa shape index (κ3) is 14.8. The number of hydrogen-bond donors (Lipinski definition) is 8. The minimum Gasteiger partial charge on any atom is -0.381 e. The Morgan fingerprint density at radius 1 is 0.879 bits per heavy atom. The number of thioether (sulfide) groups is 2. The van der Waals surface area contributed by atoms with Gasteiger partial charge in [-0.05, 0) is 62.5 Å². The molecule has 1 aliphatic rings. The Hall–Kier alpha value is -4.36. The van der Waals surface area contributed by atoms with Gasteiger partial charge in [-0.25, -0.2) is 0 Å². The van der Waals surface area contributed by atoms with Gasteiger partial charge in [0.2, 0.25) is 41.4 Å². The van der Waals surface area contributed by atoms with Crippen LogP contribution >= 0.6 is 23.5 Å². The van der Waals surface area contributed by atoms with Crippen molar-refractivity contribution in [2.75, 3.05) is 17.9 Å². The molecule has 1 aromatic rings. The molecule has 8 amide bonds. The fourth-order valence-electron chi connectivity index (χ4n) is 6.44. The topological polar surface area (TPSA) is 272 Å². The molecule has 0 spiro atoms. The van der Waals surface area contributed by atoms with Crippen LogP contribution < -0.4 is 38.1 Å². The number of benzene rings is 1. The van der Waals surface area contributed by atoms with E-state index in [2.05, 4.69) is 26.6 Å². The van der Waals surface area contributed by atoms with E-state index >= 15 is 0 Å². The zero-order valence-corrected chi connectivity index (χ0v) is 36.3. The first-order chi connectivity index (χ1) is 27.1. The number of nitrogens with zero attached hydrogens (tertiary/aromatic N) is 1. The summed E-state index contributed by atoms with van der Waals surface area (Å²) in [5.74, 6) is -5.79. The van der Waals surface area contributed by atoms with Crippen molar-refractivity contribution in [3.8, 4) is 0 Å². The summed E-state index contributed by atoms with van der Waals surface area (Å²) in [6, 6.07) is 2.02. The van der Waals surface area contributed by atoms with E-state index in [1.54, 1.807) is 65.0 Å². The van der Waals surface area contributed by atoms with Gasteiger partial charge in [-0.15, -0.1) is 11.8 Å². The average Bonchev–Trinajstić information content (AvgIpc) is 3.48. The highest BCUT2D eigenvalue weighted by Gasteiger charge is 2.51. The van der Waals surface area contributed by atoms with Crippen LogP contribution in [0.15, 0.2) is 30.3 Å². The van der Waals surface area contributed by atoms with Gasteiger partial charge < -0.3 is 48.1 Å². The molecule has 2 rings (SSSR count). The predicted molar refractivity (Wildman–Crippen MR) is 224 cm³/mol. The molecule has 1 aromatic carbocycles. The fraction of sp³-hybridized carbons (Fsp3) is 0.641. The van der Waals surface area contributed by atoms with E-state index in [0.717, 1.165) is 0 Å². The van der Waals surface area contributed by atoms with E-state index in [1.165, 1.54) is 35.3 Å². The third-order valence-electron chi connectivity index (χ3n) is 10.0. The Bertz CT molecular complexity index is 1620. The SMILES string of the molecule is CC[C@H](C)[C@H](NC(=O)[C@H](CCC(N)=O)NC(C)=O)C(=O)N[C@@H](Cc1ccccc1)[C@H](O)C(=O)N1CSC(C)(C)[C@H]1C(=O)N[C@H](C(=O)N[C@@H](CCSC)C(N)=O)C(C)C. The van der Waals surface area contributed by atoms with Gasteiger partial charge in [0.1, 0.15) is 30.2 Å². The number of nitrogens with two attached hydrogens (primary N) is 2. The van der Waals surface area contributed by atoms with Gasteiger partial charge >= 0.3 is 0 Å². The molecule has 58 heavy (non-hydrogen) atoms. The largest absolute Gasteiger partial charge is 0.381 e. The summed E-state index contributed by atoms with van der Waals surface area (Å²) in [5.41, 5.74) is 11.5. The molecule has 10 N–H and O–H groups in total. The highest BCUT2D eigenvalue weighted by atomic mass is 32.2. The smallest absolute Gasteiger partial charge is 0.254 e. The Morgan fingerprint density at radius 2 is 1.50 bits per heavy atom. The van der Waals surface area contributed by atoms with Gasteiger partial charge in [0, 0.05) is 18.1 Å². The quantitative estimate of drug-likeness (QED) is 0.0722. The van der Waals surface area contributed by atoms with E-state index in [9.17, 15) is 43.5 Å². The van der Waals surface area contributed by atoms with Crippen LogP contribution in [0.4, 0.5) is 0 Å². The van der Waals surface area contributed by atoms with Crippen molar-refractivity contribution >= 4 is 70.8 Å². The second-order valence-electron chi connectivity index (χ2n) is 15.4. The van der Waals surface area contributed by atoms with Crippen molar-refractivity contribution in [2.24, 2.45) is 23.3 Å². The van der Waals surface area contributed by atoms with Crippen molar-refractivity contribution in [1.82, 2.24) is 31.5 Å². The van der Waals surface area contributed by atoms with Crippen LogP contribution in [0.3, 0.4) is 0 Å². The van der Waals surface area contributed by atoms with Gasteiger partial charge in [-0.1, -0.05) is 64.4 Å². The van der Waals surface area contributed by atoms with Crippen LogP contribution in [0, 0.1) is 11.8 Å². The molecule has 324 valence electrons. The summed E-state index contributed by atoms with van der Waals surface area (Å²) in [6.45, 7) is 11.7. The first-order valence-corrected chi connectivity index (χ1v) is 21.7. The number of carbonyl (C=O) groups is 8. The summed E-state index contributed by atoms with van der Waals surface area (Å²) in [7, 11) is 0. The molecular weight excluding hydrogens is 789 g/mol. The molecule has 0 unspecified atom stereocenters. The van der Waals surface area contributed by atoms with E-state index in [-0.39, 0.29) is 25.1 Å². The van der Waals surface area contributed by atoms with Crippen molar-refractivity contribution in [1.29, 1.82) is 0 Å². The van der Waals surface area contributed by atoms with E-state index in [1.807, 2.05) is 13.2 Å². The summed E-state index contributed by atoms with van der Waals surface area (Å²) < 4.78 is -0.880. The number of rotatable bonds is 23. The molecule has 0 aliphatic carbocycles. The Labute approximate surface area is 349 Å². The highest BCUT2D eigenvalue weighted by Crippen LogP contribution is 2.40. The van der Waals surface area contributed by atoms with Crippen molar-refractivity contribution in [3.63, 3.8) is 0 Å². The molecule has 0 radical (unpaired) electrons. The number of aliphatic hydroxyl groups is 1. The Kier molecular flexibility index (Phi) is 20.0. The van der Waals surface area contributed by atoms with Crippen LogP contribution in [0.1, 0.15) is 79.7 Å². The summed E-state index contributed by atoms with van der Waals surface area (Å²) in [5, 5.41) is 25.2.